The molecule has 0 saturated carbocycles. The Morgan fingerprint density at radius 1 is 1.50 bits per heavy atom. The van der Waals surface area contributed by atoms with Gasteiger partial charge in [-0.3, -0.25) is 4.90 Å². The van der Waals surface area contributed by atoms with Gasteiger partial charge in [-0.1, -0.05) is 6.92 Å². The van der Waals surface area contributed by atoms with Crippen LogP contribution >= 0.6 is 0 Å². The Labute approximate surface area is 121 Å². The van der Waals surface area contributed by atoms with Crippen LogP contribution in [0.1, 0.15) is 37.3 Å². The van der Waals surface area contributed by atoms with Crippen LogP contribution in [0, 0.1) is 6.92 Å². The minimum absolute atomic E-state index is 0.0213. The van der Waals surface area contributed by atoms with Crippen molar-refractivity contribution in [2.45, 2.75) is 44.8 Å². The van der Waals surface area contributed by atoms with E-state index in [-0.39, 0.29) is 29.6 Å². The molecule has 1 aromatic heterocycles. The number of sulfone groups is 1. The monoisotopic (exact) mass is 300 g/mol. The van der Waals surface area contributed by atoms with Crippen LogP contribution in [0.2, 0.25) is 0 Å². The molecule has 3 atom stereocenters. The van der Waals surface area contributed by atoms with Gasteiger partial charge in [0, 0.05) is 12.1 Å². The first kappa shape index (κ1) is 15.5. The summed E-state index contributed by atoms with van der Waals surface area (Å²) in [6, 6.07) is 3.73. The molecule has 5 nitrogen and oxygen atoms in total. The van der Waals surface area contributed by atoms with E-state index in [2.05, 4.69) is 4.90 Å². The highest BCUT2D eigenvalue weighted by Crippen LogP contribution is 2.30. The molecule has 2 heterocycles. The van der Waals surface area contributed by atoms with Crippen LogP contribution in [-0.4, -0.2) is 44.0 Å². The molecule has 1 aliphatic heterocycles. The maximum Gasteiger partial charge on any atom is 0.151 e. The van der Waals surface area contributed by atoms with Gasteiger partial charge in [0.25, 0.3) is 0 Å². The molecule has 20 heavy (non-hydrogen) atoms. The van der Waals surface area contributed by atoms with E-state index in [4.69, 9.17) is 10.2 Å². The zero-order valence-corrected chi connectivity index (χ0v) is 13.2. The summed E-state index contributed by atoms with van der Waals surface area (Å²) in [6.45, 7) is 3.94. The molecule has 2 N–H and O–H groups in total. The SMILES string of the molecule is CCC(N)C(c1ccc(C)o1)N(C)C1CCS(=O)(=O)C1. The van der Waals surface area contributed by atoms with Gasteiger partial charge in [-0.15, -0.1) is 0 Å². The number of hydrogen-bond acceptors (Lipinski definition) is 5. The number of aryl methyl sites for hydroxylation is 1. The lowest BCUT2D eigenvalue weighted by atomic mass is 10.0. The number of nitrogens with two attached hydrogens (primary N) is 1. The quantitative estimate of drug-likeness (QED) is 0.891. The standard InChI is InChI=1S/C14H24N2O3S/c1-4-12(15)14(13-6-5-10(2)19-13)16(3)11-7-8-20(17,18)9-11/h5-6,11-12,14H,4,7-9,15H2,1-3H3. The minimum atomic E-state index is -2.90. The Morgan fingerprint density at radius 3 is 2.65 bits per heavy atom. The molecule has 6 heteroatoms. The van der Waals surface area contributed by atoms with Crippen molar-refractivity contribution in [3.05, 3.63) is 23.7 Å². The topological polar surface area (TPSA) is 76.5 Å². The molecule has 0 radical (unpaired) electrons. The lowest BCUT2D eigenvalue weighted by molar-refractivity contribution is 0.140. The normalized spacial score (nSPS) is 24.9. The Bertz CT molecular complexity index is 553. The van der Waals surface area contributed by atoms with E-state index in [0.717, 1.165) is 17.9 Å². The van der Waals surface area contributed by atoms with Gasteiger partial charge in [0.2, 0.25) is 0 Å². The predicted octanol–water partition coefficient (Wildman–Crippen LogP) is 1.49. The molecular formula is C14H24N2O3S. The number of likely N-dealkylation sites (N-methyl/N-ethyl adjacent to an activating group) is 1. The van der Waals surface area contributed by atoms with Gasteiger partial charge < -0.3 is 10.2 Å². The van der Waals surface area contributed by atoms with Gasteiger partial charge in [-0.25, -0.2) is 8.42 Å². The highest BCUT2D eigenvalue weighted by atomic mass is 32.2. The van der Waals surface area contributed by atoms with Crippen molar-refractivity contribution in [2.24, 2.45) is 5.73 Å². The molecular weight excluding hydrogens is 276 g/mol. The maximum absolute atomic E-state index is 11.7. The maximum atomic E-state index is 11.7. The van der Waals surface area contributed by atoms with Crippen LogP contribution in [0.4, 0.5) is 0 Å². The van der Waals surface area contributed by atoms with Gasteiger partial charge in [0.05, 0.1) is 17.5 Å². The van der Waals surface area contributed by atoms with Gasteiger partial charge in [-0.05, 0) is 38.9 Å². The second-order valence-electron chi connectivity index (χ2n) is 5.69. The summed E-state index contributed by atoms with van der Waals surface area (Å²) < 4.78 is 29.1. The summed E-state index contributed by atoms with van der Waals surface area (Å²) in [6.07, 6.45) is 1.49. The molecule has 1 aromatic rings. The lowest BCUT2D eigenvalue weighted by Gasteiger charge is -2.34. The van der Waals surface area contributed by atoms with Gasteiger partial charge in [-0.2, -0.15) is 0 Å². The highest BCUT2D eigenvalue weighted by Gasteiger charge is 2.36. The second-order valence-corrected chi connectivity index (χ2v) is 7.92. The Morgan fingerprint density at radius 2 is 2.20 bits per heavy atom. The molecule has 2 rings (SSSR count). The molecule has 0 aromatic carbocycles. The van der Waals surface area contributed by atoms with Gasteiger partial charge in [0.1, 0.15) is 11.5 Å². The van der Waals surface area contributed by atoms with Crippen molar-refractivity contribution in [2.75, 3.05) is 18.6 Å². The van der Waals surface area contributed by atoms with Crippen LogP contribution < -0.4 is 5.73 Å². The zero-order valence-electron chi connectivity index (χ0n) is 12.4. The van der Waals surface area contributed by atoms with Crippen LogP contribution in [0.25, 0.3) is 0 Å². The summed E-state index contributed by atoms with van der Waals surface area (Å²) in [5.74, 6) is 2.16. The van der Waals surface area contributed by atoms with Crippen molar-refractivity contribution < 1.29 is 12.8 Å². The third-order valence-electron chi connectivity index (χ3n) is 4.15. The van der Waals surface area contributed by atoms with Gasteiger partial charge >= 0.3 is 0 Å². The number of nitrogens with zero attached hydrogens (tertiary/aromatic N) is 1. The molecule has 0 spiro atoms. The first-order valence-corrected chi connectivity index (χ1v) is 8.90. The van der Waals surface area contributed by atoms with Crippen LogP contribution in [0.3, 0.4) is 0 Å². The number of hydrogen-bond donors (Lipinski definition) is 1. The van der Waals surface area contributed by atoms with E-state index < -0.39 is 9.84 Å². The minimum Gasteiger partial charge on any atom is -0.465 e. The zero-order chi connectivity index (χ0) is 14.9. The van der Waals surface area contributed by atoms with Gasteiger partial charge in [0.15, 0.2) is 9.84 Å². The largest absolute Gasteiger partial charge is 0.465 e. The highest BCUT2D eigenvalue weighted by molar-refractivity contribution is 7.91. The molecule has 1 saturated heterocycles. The molecule has 0 bridgehead atoms. The number of rotatable bonds is 5. The average Bonchev–Trinajstić information content (AvgIpc) is 2.95. The van der Waals surface area contributed by atoms with Crippen LogP contribution in [0.15, 0.2) is 16.5 Å². The molecule has 0 amide bonds. The molecule has 114 valence electrons. The fraction of sp³-hybridized carbons (Fsp3) is 0.714. The van der Waals surface area contributed by atoms with Crippen molar-refractivity contribution in [3.63, 3.8) is 0 Å². The fourth-order valence-electron chi connectivity index (χ4n) is 2.87. The lowest BCUT2D eigenvalue weighted by Crippen LogP contribution is -2.44. The smallest absolute Gasteiger partial charge is 0.151 e. The van der Waals surface area contributed by atoms with Crippen molar-refractivity contribution in [1.29, 1.82) is 0 Å². The third kappa shape index (κ3) is 3.24. The third-order valence-corrected chi connectivity index (χ3v) is 5.90. The summed E-state index contributed by atoms with van der Waals surface area (Å²) >= 11 is 0. The van der Waals surface area contributed by atoms with Crippen LogP contribution in [-0.2, 0) is 9.84 Å². The second kappa shape index (κ2) is 5.87. The fourth-order valence-corrected chi connectivity index (χ4v) is 4.66. The Kier molecular flexibility index (Phi) is 4.56. The summed E-state index contributed by atoms with van der Waals surface area (Å²) in [5, 5.41) is 0. The first-order chi connectivity index (χ1) is 9.34. The van der Waals surface area contributed by atoms with Crippen molar-refractivity contribution in [1.82, 2.24) is 4.90 Å². The van der Waals surface area contributed by atoms with Crippen molar-refractivity contribution in [3.8, 4) is 0 Å². The van der Waals surface area contributed by atoms with E-state index in [1.54, 1.807) is 0 Å². The van der Waals surface area contributed by atoms with E-state index in [1.165, 1.54) is 0 Å². The summed E-state index contributed by atoms with van der Waals surface area (Å²) in [5.41, 5.74) is 6.24. The van der Waals surface area contributed by atoms with E-state index in [0.29, 0.717) is 6.42 Å². The Hall–Kier alpha value is -0.850. The molecule has 3 unspecified atom stereocenters. The van der Waals surface area contributed by atoms with E-state index in [1.807, 2.05) is 33.0 Å². The molecule has 1 fully saturated rings. The summed E-state index contributed by atoms with van der Waals surface area (Å²) in [7, 11) is -0.949. The number of furan rings is 1. The molecule has 1 aliphatic rings. The predicted molar refractivity (Wildman–Crippen MR) is 79.3 cm³/mol. The van der Waals surface area contributed by atoms with E-state index >= 15 is 0 Å². The van der Waals surface area contributed by atoms with Crippen molar-refractivity contribution >= 4 is 9.84 Å². The van der Waals surface area contributed by atoms with Crippen LogP contribution in [0.5, 0.6) is 0 Å². The first-order valence-electron chi connectivity index (χ1n) is 7.08. The Balaban J connectivity index is 2.23. The molecule has 0 aliphatic carbocycles. The summed E-state index contributed by atoms with van der Waals surface area (Å²) in [4.78, 5) is 2.08. The van der Waals surface area contributed by atoms with E-state index in [9.17, 15) is 8.42 Å². The average molecular weight is 300 g/mol.